The summed E-state index contributed by atoms with van der Waals surface area (Å²) in [6.45, 7) is 16.9. The summed E-state index contributed by atoms with van der Waals surface area (Å²) in [7, 11) is 1.60. The fourth-order valence-electron chi connectivity index (χ4n) is 10.1. The molecule has 2 aromatic carbocycles. The van der Waals surface area contributed by atoms with E-state index in [1.165, 1.54) is 24.3 Å². The number of ketones is 5. The van der Waals surface area contributed by atoms with Gasteiger partial charge in [0.1, 0.15) is 17.3 Å². The summed E-state index contributed by atoms with van der Waals surface area (Å²) in [5.41, 5.74) is 7.14. The molecule has 0 aliphatic heterocycles. The maximum absolute atomic E-state index is 14.7. The number of carbonyl (C=O) groups excluding carboxylic acids is 10. The van der Waals surface area contributed by atoms with E-state index in [2.05, 4.69) is 31.9 Å². The standard InChI is InChI=1S/C64H99N7O14/c1-11-40(8)49(64(85)71-52(31-39(6)7)57(77)36-46(61(82)67-13-3)32-42-17-21-47(72)22-18-42)37-58(78)50(12-2)69-62(83)44(16-14-15-29-65)34-56(76)53(33-43-19-23-48(73)24-20-43)70-63(84)45(30-38(4)5)35-55(75)51(25-28-60(80)81)68-59(79)27-26-54(74)41(9)66-10/h17-24,38-41,44-46,49-53,66,72-73H,11-16,25-37,65H2,1-10H3,(H,67,82)(H,68,79)(H,69,83)(H,70,84)(H,71,85)(H,80,81)/t40-,41-,44+,45+,46+,49-,50-,51-,52-,53-/m0/s1. The molecule has 0 bridgehead atoms. The molecule has 474 valence electrons. The Bertz CT molecular complexity index is 2500. The number of amides is 5. The monoisotopic (exact) mass is 1190 g/mol. The minimum Gasteiger partial charge on any atom is -0.508 e. The van der Waals surface area contributed by atoms with Gasteiger partial charge in [-0.15, -0.1) is 0 Å². The number of carbonyl (C=O) groups is 11. The number of Topliss-reactive ketones (excluding diaryl/α,β-unsaturated/α-hetero) is 5. The average Bonchev–Trinajstić information content (AvgIpc) is 3.65. The van der Waals surface area contributed by atoms with Crippen LogP contribution in [0.3, 0.4) is 0 Å². The maximum atomic E-state index is 14.7. The fourth-order valence-corrected chi connectivity index (χ4v) is 10.1. The second kappa shape index (κ2) is 39.0. The topological polar surface area (TPSA) is 347 Å². The van der Waals surface area contributed by atoms with E-state index in [0.717, 1.165) is 5.56 Å². The molecule has 0 saturated carbocycles. The molecule has 2 rings (SSSR count). The zero-order valence-electron chi connectivity index (χ0n) is 51.9. The summed E-state index contributed by atoms with van der Waals surface area (Å²) in [6.07, 6.45) is -0.131. The second-order valence-corrected chi connectivity index (χ2v) is 23.6. The van der Waals surface area contributed by atoms with E-state index in [4.69, 9.17) is 5.73 Å². The highest BCUT2D eigenvalue weighted by molar-refractivity contribution is 5.98. The first-order chi connectivity index (χ1) is 40.2. The smallest absolute Gasteiger partial charge is 0.303 e. The lowest BCUT2D eigenvalue weighted by molar-refractivity contribution is -0.138. The summed E-state index contributed by atoms with van der Waals surface area (Å²) in [5, 5.41) is 46.2. The molecule has 2 aromatic rings. The zero-order chi connectivity index (χ0) is 63.9. The third kappa shape index (κ3) is 27.8. The van der Waals surface area contributed by atoms with Crippen molar-refractivity contribution in [3.05, 3.63) is 59.7 Å². The van der Waals surface area contributed by atoms with Crippen molar-refractivity contribution >= 4 is 64.4 Å². The lowest BCUT2D eigenvalue weighted by Gasteiger charge is -2.28. The van der Waals surface area contributed by atoms with Gasteiger partial charge in [0.2, 0.25) is 29.5 Å². The van der Waals surface area contributed by atoms with Crippen molar-refractivity contribution in [3.63, 3.8) is 0 Å². The van der Waals surface area contributed by atoms with Crippen LogP contribution in [0.1, 0.15) is 170 Å². The van der Waals surface area contributed by atoms with Crippen molar-refractivity contribution in [1.29, 1.82) is 0 Å². The van der Waals surface area contributed by atoms with Gasteiger partial charge in [0, 0.05) is 75.2 Å². The number of phenolic OH excluding ortho intramolecular Hbond substituents is 2. The average molecular weight is 1190 g/mol. The number of carboxylic acids is 1. The van der Waals surface area contributed by atoms with E-state index in [0.29, 0.717) is 37.9 Å². The lowest BCUT2D eigenvalue weighted by Crippen LogP contribution is -2.49. The number of carboxylic acid groups (broad SMARTS) is 1. The Hall–Kier alpha value is -6.87. The first kappa shape index (κ1) is 74.2. The quantitative estimate of drug-likeness (QED) is 0.0353. The molecule has 0 radical (unpaired) electrons. The summed E-state index contributed by atoms with van der Waals surface area (Å²) >= 11 is 0. The van der Waals surface area contributed by atoms with Gasteiger partial charge in [-0.2, -0.15) is 0 Å². The number of aromatic hydroxyl groups is 2. The number of phenols is 2. The Morgan fingerprint density at radius 3 is 1.53 bits per heavy atom. The van der Waals surface area contributed by atoms with E-state index in [-0.39, 0.29) is 117 Å². The van der Waals surface area contributed by atoms with Gasteiger partial charge in [-0.05, 0) is 132 Å². The van der Waals surface area contributed by atoms with Crippen LogP contribution in [0, 0.1) is 41.4 Å². The third-order valence-electron chi connectivity index (χ3n) is 15.6. The SMILES string of the molecule is CCNC(=O)[C@@H](CC(=O)[C@H](CC(C)C)NC(=O)[C@@H](CC(=O)[C@H](CC)NC(=O)[C@H](CCCCN)CC(=O)[C@H](Cc1ccc(O)cc1)NC(=O)[C@@H](CC(=O)[C@H](CCC(=O)O)NC(=O)CCC(=O)[C@H](C)NC)CC(C)C)[C@@H](C)CC)Cc1ccc(O)cc1. The molecule has 0 heterocycles. The van der Waals surface area contributed by atoms with E-state index >= 15 is 0 Å². The number of unbranched alkanes of at least 4 members (excludes halogenated alkanes) is 1. The third-order valence-corrected chi connectivity index (χ3v) is 15.6. The van der Waals surface area contributed by atoms with Crippen LogP contribution >= 0.6 is 0 Å². The number of hydrogen-bond acceptors (Lipinski definition) is 15. The van der Waals surface area contributed by atoms with Gasteiger partial charge in [-0.1, -0.05) is 85.6 Å². The van der Waals surface area contributed by atoms with Crippen LogP contribution < -0.4 is 37.6 Å². The van der Waals surface area contributed by atoms with Crippen molar-refractivity contribution in [3.8, 4) is 11.5 Å². The van der Waals surface area contributed by atoms with Crippen LogP contribution in [0.25, 0.3) is 0 Å². The van der Waals surface area contributed by atoms with Gasteiger partial charge in [0.25, 0.3) is 0 Å². The number of rotatable bonds is 44. The van der Waals surface area contributed by atoms with Crippen LogP contribution in [0.5, 0.6) is 11.5 Å². The first-order valence-corrected chi connectivity index (χ1v) is 30.4. The van der Waals surface area contributed by atoms with Crippen molar-refractivity contribution < 1.29 is 68.1 Å². The first-order valence-electron chi connectivity index (χ1n) is 30.4. The van der Waals surface area contributed by atoms with Gasteiger partial charge in [0.15, 0.2) is 23.1 Å². The van der Waals surface area contributed by atoms with Gasteiger partial charge in [0.05, 0.1) is 30.2 Å². The lowest BCUT2D eigenvalue weighted by atomic mass is 9.84. The molecule has 21 nitrogen and oxygen atoms in total. The number of likely N-dealkylation sites (N-methyl/N-ethyl adjacent to an activating group) is 1. The molecule has 0 aliphatic rings. The molecule has 0 saturated heterocycles. The number of hydrogen-bond donors (Lipinski definition) is 10. The van der Waals surface area contributed by atoms with Crippen LogP contribution in [-0.4, -0.2) is 130 Å². The number of nitrogens with one attached hydrogen (secondary N) is 6. The van der Waals surface area contributed by atoms with Crippen LogP contribution in [0.4, 0.5) is 0 Å². The molecule has 10 atom stereocenters. The number of nitrogens with two attached hydrogens (primary N) is 1. The van der Waals surface area contributed by atoms with Gasteiger partial charge >= 0.3 is 5.97 Å². The van der Waals surface area contributed by atoms with E-state index in [1.807, 2.05) is 41.5 Å². The van der Waals surface area contributed by atoms with E-state index in [1.54, 1.807) is 52.1 Å². The largest absolute Gasteiger partial charge is 0.508 e. The molecule has 5 amide bonds. The zero-order valence-corrected chi connectivity index (χ0v) is 51.9. The van der Waals surface area contributed by atoms with Crippen molar-refractivity contribution in [2.24, 2.45) is 47.2 Å². The second-order valence-electron chi connectivity index (χ2n) is 23.6. The number of benzene rings is 2. The van der Waals surface area contributed by atoms with Crippen molar-refractivity contribution in [2.45, 2.75) is 202 Å². The van der Waals surface area contributed by atoms with E-state index < -0.39 is 120 Å². The van der Waals surface area contributed by atoms with Crippen molar-refractivity contribution in [1.82, 2.24) is 31.9 Å². The Balaban J connectivity index is 2.45. The predicted octanol–water partition coefficient (Wildman–Crippen LogP) is 5.76. The Morgan fingerprint density at radius 2 is 1.00 bits per heavy atom. The maximum Gasteiger partial charge on any atom is 0.303 e. The Morgan fingerprint density at radius 1 is 0.494 bits per heavy atom. The molecule has 85 heavy (non-hydrogen) atoms. The Kier molecular flexibility index (Phi) is 34.0. The van der Waals surface area contributed by atoms with Gasteiger partial charge in [-0.3, -0.25) is 52.7 Å². The highest BCUT2D eigenvalue weighted by atomic mass is 16.4. The highest BCUT2D eigenvalue weighted by Gasteiger charge is 2.37. The molecule has 0 fully saturated rings. The Labute approximate surface area is 502 Å². The predicted molar refractivity (Wildman–Crippen MR) is 324 cm³/mol. The molecular formula is C64H99N7O14. The summed E-state index contributed by atoms with van der Waals surface area (Å²) in [4.78, 5) is 151. The van der Waals surface area contributed by atoms with Gasteiger partial charge in [-0.25, -0.2) is 0 Å². The van der Waals surface area contributed by atoms with Crippen molar-refractivity contribution in [2.75, 3.05) is 20.1 Å². The molecule has 0 spiro atoms. The minimum absolute atomic E-state index is 0.0409. The molecule has 21 heteroatoms. The van der Waals surface area contributed by atoms with E-state index in [9.17, 15) is 68.1 Å². The summed E-state index contributed by atoms with van der Waals surface area (Å²) in [6, 6.07) is 7.20. The molecule has 0 aromatic heterocycles. The van der Waals surface area contributed by atoms with Crippen LogP contribution in [0.2, 0.25) is 0 Å². The molecule has 0 aliphatic carbocycles. The molecule has 0 unspecified atom stereocenters. The highest BCUT2D eigenvalue weighted by Crippen LogP contribution is 2.26. The molecular weight excluding hydrogens is 1090 g/mol. The normalized spacial score (nSPS) is 14.9. The summed E-state index contributed by atoms with van der Waals surface area (Å²) in [5.74, 6) is -10.5. The van der Waals surface area contributed by atoms with Crippen LogP contribution in [0.15, 0.2) is 48.5 Å². The summed E-state index contributed by atoms with van der Waals surface area (Å²) < 4.78 is 0. The minimum atomic E-state index is -1.30. The van der Waals surface area contributed by atoms with Gasteiger partial charge < -0.3 is 53.0 Å². The fraction of sp³-hybridized carbons (Fsp3) is 0.641. The van der Waals surface area contributed by atoms with Crippen LogP contribution in [-0.2, 0) is 65.6 Å². The number of aliphatic carboxylic acids is 1. The molecule has 11 N–H and O–H groups in total.